The first-order valence-corrected chi connectivity index (χ1v) is 10.4. The summed E-state index contributed by atoms with van der Waals surface area (Å²) in [6.07, 6.45) is -0.812. The average molecular weight is 426 g/mol. The monoisotopic (exact) mass is 426 g/mol. The van der Waals surface area contributed by atoms with Gasteiger partial charge in [-0.2, -0.15) is 0 Å². The normalized spacial score (nSPS) is 15.2. The molecule has 1 aliphatic heterocycles. The van der Waals surface area contributed by atoms with Gasteiger partial charge in [-0.3, -0.25) is 14.2 Å². The number of anilines is 2. The first kappa shape index (κ1) is 19.8. The number of ether oxygens (including phenoxy) is 1. The third-order valence-corrected chi connectivity index (χ3v) is 5.55. The first-order valence-electron chi connectivity index (χ1n) is 10.4. The Balaban J connectivity index is 1.40. The molecule has 1 aliphatic rings. The Labute approximate surface area is 185 Å². The summed E-state index contributed by atoms with van der Waals surface area (Å²) in [6, 6.07) is 22.9. The molecule has 0 radical (unpaired) electrons. The number of hydrogen-bond acceptors (Lipinski definition) is 4. The largest absolute Gasteiger partial charge is 0.476 e. The Kier molecular flexibility index (Phi) is 4.86. The molecule has 4 aromatic rings. The van der Waals surface area contributed by atoms with Gasteiger partial charge in [0.2, 0.25) is 5.91 Å². The van der Waals surface area contributed by atoms with E-state index in [2.05, 4.69) is 14.9 Å². The minimum absolute atomic E-state index is 0.137. The summed E-state index contributed by atoms with van der Waals surface area (Å²) in [4.78, 5) is 31.3. The van der Waals surface area contributed by atoms with Gasteiger partial charge in [0.1, 0.15) is 11.6 Å². The van der Waals surface area contributed by atoms with Crippen LogP contribution in [0.15, 0.2) is 72.8 Å². The van der Waals surface area contributed by atoms with Crippen LogP contribution >= 0.6 is 0 Å². The molecule has 0 aliphatic carbocycles. The first-order chi connectivity index (χ1) is 15.5. The van der Waals surface area contributed by atoms with Crippen LogP contribution in [0.2, 0.25) is 0 Å². The molecule has 7 nitrogen and oxygen atoms in total. The number of carbonyl (C=O) groups excluding carboxylic acids is 2. The van der Waals surface area contributed by atoms with Crippen molar-refractivity contribution in [3.63, 3.8) is 0 Å². The van der Waals surface area contributed by atoms with Crippen molar-refractivity contribution in [2.24, 2.45) is 0 Å². The van der Waals surface area contributed by atoms with Crippen LogP contribution in [0, 0.1) is 6.92 Å². The highest BCUT2D eigenvalue weighted by Crippen LogP contribution is 2.33. The minimum atomic E-state index is -0.812. The molecular formula is C25H22N4O3. The van der Waals surface area contributed by atoms with Crippen LogP contribution in [0.1, 0.15) is 12.7 Å². The molecule has 1 N–H and O–H groups in total. The van der Waals surface area contributed by atoms with E-state index in [-0.39, 0.29) is 18.4 Å². The summed E-state index contributed by atoms with van der Waals surface area (Å²) >= 11 is 0. The minimum Gasteiger partial charge on any atom is -0.476 e. The molecule has 0 bridgehead atoms. The SMILES string of the molecule is CC(=O)N1C[C@@H](C(=O)Nc2ccc3c(c2)nc(C)n3-c2ccccc2)Oc2ccccc21. The van der Waals surface area contributed by atoms with Crippen LogP contribution in [0.5, 0.6) is 5.75 Å². The third kappa shape index (κ3) is 3.47. The van der Waals surface area contributed by atoms with Crippen molar-refractivity contribution < 1.29 is 14.3 Å². The molecule has 1 atom stereocenters. The van der Waals surface area contributed by atoms with Crippen LogP contribution < -0.4 is 15.0 Å². The predicted molar refractivity (Wildman–Crippen MR) is 123 cm³/mol. The van der Waals surface area contributed by atoms with Crippen LogP contribution in [-0.2, 0) is 9.59 Å². The Morgan fingerprint density at radius 2 is 1.78 bits per heavy atom. The molecule has 7 heteroatoms. The number of aromatic nitrogens is 2. The third-order valence-electron chi connectivity index (χ3n) is 5.55. The van der Waals surface area contributed by atoms with Gasteiger partial charge in [-0.15, -0.1) is 0 Å². The van der Waals surface area contributed by atoms with Crippen molar-refractivity contribution in [3.8, 4) is 11.4 Å². The molecule has 0 unspecified atom stereocenters. The number of nitrogens with zero attached hydrogens (tertiary/aromatic N) is 3. The fourth-order valence-corrected chi connectivity index (χ4v) is 4.07. The molecule has 5 rings (SSSR count). The van der Waals surface area contributed by atoms with Crippen molar-refractivity contribution in [1.29, 1.82) is 0 Å². The number of para-hydroxylation sites is 3. The van der Waals surface area contributed by atoms with Crippen LogP contribution in [0.25, 0.3) is 16.7 Å². The van der Waals surface area contributed by atoms with E-state index in [1.54, 1.807) is 11.0 Å². The highest BCUT2D eigenvalue weighted by Gasteiger charge is 2.32. The average Bonchev–Trinajstić information content (AvgIpc) is 3.13. The standard InChI is InChI=1S/C25H22N4O3/c1-16-26-20-14-18(12-13-21(20)29(16)19-8-4-3-5-9-19)27-25(31)24-15-28(17(2)30)22-10-6-7-11-23(22)32-24/h3-14,24H,15H2,1-2H3,(H,27,31)/t24-/m0/s1. The van der Waals surface area contributed by atoms with Crippen molar-refractivity contribution in [2.45, 2.75) is 20.0 Å². The lowest BCUT2D eigenvalue weighted by Crippen LogP contribution is -2.48. The maximum absolute atomic E-state index is 13.0. The summed E-state index contributed by atoms with van der Waals surface area (Å²) < 4.78 is 7.97. The van der Waals surface area contributed by atoms with Crippen LogP contribution in [0.4, 0.5) is 11.4 Å². The van der Waals surface area contributed by atoms with E-state index in [0.29, 0.717) is 17.1 Å². The van der Waals surface area contributed by atoms with Crippen molar-refractivity contribution >= 4 is 34.2 Å². The molecule has 2 amide bonds. The zero-order valence-corrected chi connectivity index (χ0v) is 17.8. The molecule has 160 valence electrons. The summed E-state index contributed by atoms with van der Waals surface area (Å²) in [7, 11) is 0. The maximum Gasteiger partial charge on any atom is 0.267 e. The van der Waals surface area contributed by atoms with Gasteiger partial charge in [-0.25, -0.2) is 4.98 Å². The van der Waals surface area contributed by atoms with E-state index in [0.717, 1.165) is 22.5 Å². The smallest absolute Gasteiger partial charge is 0.267 e. The zero-order chi connectivity index (χ0) is 22.2. The fraction of sp³-hybridized carbons (Fsp3) is 0.160. The number of amides is 2. The van der Waals surface area contributed by atoms with Gasteiger partial charge in [0, 0.05) is 18.3 Å². The van der Waals surface area contributed by atoms with Gasteiger partial charge in [0.25, 0.3) is 5.91 Å². The van der Waals surface area contributed by atoms with E-state index in [1.807, 2.05) is 73.7 Å². The summed E-state index contributed by atoms with van der Waals surface area (Å²) in [5.74, 6) is 0.923. The number of rotatable bonds is 3. The number of carbonyl (C=O) groups is 2. The number of imidazole rings is 1. The Morgan fingerprint density at radius 1 is 1.03 bits per heavy atom. The van der Waals surface area contributed by atoms with Gasteiger partial charge < -0.3 is 15.0 Å². The number of nitrogens with one attached hydrogen (secondary N) is 1. The van der Waals surface area contributed by atoms with Gasteiger partial charge >= 0.3 is 0 Å². The molecule has 32 heavy (non-hydrogen) atoms. The fourth-order valence-electron chi connectivity index (χ4n) is 4.07. The molecule has 0 spiro atoms. The lowest BCUT2D eigenvalue weighted by molar-refractivity contribution is -0.123. The second-order valence-corrected chi connectivity index (χ2v) is 7.73. The summed E-state index contributed by atoms with van der Waals surface area (Å²) in [5, 5.41) is 2.91. The van der Waals surface area contributed by atoms with E-state index in [4.69, 9.17) is 4.74 Å². The van der Waals surface area contributed by atoms with Gasteiger partial charge in [-0.05, 0) is 49.4 Å². The molecule has 0 saturated heterocycles. The topological polar surface area (TPSA) is 76.5 Å². The second-order valence-electron chi connectivity index (χ2n) is 7.73. The lowest BCUT2D eigenvalue weighted by Gasteiger charge is -2.33. The second kappa shape index (κ2) is 7.85. The predicted octanol–water partition coefficient (Wildman–Crippen LogP) is 4.09. The molecule has 3 aromatic carbocycles. The molecule has 0 saturated carbocycles. The van der Waals surface area contributed by atoms with E-state index >= 15 is 0 Å². The number of fused-ring (bicyclic) bond motifs is 2. The highest BCUT2D eigenvalue weighted by molar-refractivity contribution is 6.00. The maximum atomic E-state index is 13.0. The van der Waals surface area contributed by atoms with Gasteiger partial charge in [0.15, 0.2) is 6.10 Å². The van der Waals surface area contributed by atoms with Crippen molar-refractivity contribution in [1.82, 2.24) is 9.55 Å². The highest BCUT2D eigenvalue weighted by atomic mass is 16.5. The number of benzene rings is 3. The number of hydrogen-bond donors (Lipinski definition) is 1. The van der Waals surface area contributed by atoms with Crippen LogP contribution in [0.3, 0.4) is 0 Å². The van der Waals surface area contributed by atoms with Crippen LogP contribution in [-0.4, -0.2) is 34.0 Å². The van der Waals surface area contributed by atoms with E-state index < -0.39 is 6.10 Å². The van der Waals surface area contributed by atoms with Gasteiger partial charge in [0.05, 0.1) is 23.3 Å². The molecule has 1 aromatic heterocycles. The van der Waals surface area contributed by atoms with Gasteiger partial charge in [-0.1, -0.05) is 30.3 Å². The summed E-state index contributed by atoms with van der Waals surface area (Å²) in [6.45, 7) is 3.59. The van der Waals surface area contributed by atoms with Crippen molar-refractivity contribution in [3.05, 3.63) is 78.6 Å². The summed E-state index contributed by atoms with van der Waals surface area (Å²) in [5.41, 5.74) is 4.06. The molecule has 0 fully saturated rings. The van der Waals surface area contributed by atoms with Crippen molar-refractivity contribution in [2.75, 3.05) is 16.8 Å². The lowest BCUT2D eigenvalue weighted by atomic mass is 10.1. The Morgan fingerprint density at radius 3 is 2.56 bits per heavy atom. The molecular weight excluding hydrogens is 404 g/mol. The quantitative estimate of drug-likeness (QED) is 0.535. The molecule has 2 heterocycles. The Bertz CT molecular complexity index is 1330. The zero-order valence-electron chi connectivity index (χ0n) is 17.8. The Hall–Kier alpha value is -4.13. The van der Waals surface area contributed by atoms with E-state index in [9.17, 15) is 9.59 Å². The number of aryl methyl sites for hydroxylation is 1. The van der Waals surface area contributed by atoms with E-state index in [1.165, 1.54) is 6.92 Å².